The molecule has 27 heavy (non-hydrogen) atoms. The molecule has 0 amide bonds. The highest BCUT2D eigenvalue weighted by Crippen LogP contribution is 2.33. The van der Waals surface area contributed by atoms with Gasteiger partial charge in [0.25, 0.3) is 0 Å². The number of nitrogens with zero attached hydrogens (tertiary/aromatic N) is 1. The van der Waals surface area contributed by atoms with Gasteiger partial charge < -0.3 is 14.2 Å². The van der Waals surface area contributed by atoms with E-state index in [0.29, 0.717) is 16.5 Å². The van der Waals surface area contributed by atoms with E-state index in [4.69, 9.17) is 14.2 Å². The Balaban J connectivity index is 1.73. The molecule has 0 N–H and O–H groups in total. The molecule has 0 spiro atoms. The molecule has 3 aromatic rings. The standard InChI is InChI=1S/C19H15F2NO4S/c1-24-15-7-6-11(8-16(15)25-2)18-22-14(10-27-18)19(23)26-9-12-4-3-5-13(20)17(12)21/h3-8,10H,9H2,1-2H3. The third-order valence-corrected chi connectivity index (χ3v) is 4.63. The van der Waals surface area contributed by atoms with Crippen LogP contribution in [0.5, 0.6) is 11.5 Å². The quantitative estimate of drug-likeness (QED) is 0.581. The van der Waals surface area contributed by atoms with Crippen molar-refractivity contribution < 1.29 is 27.8 Å². The Morgan fingerprint density at radius 1 is 1.11 bits per heavy atom. The van der Waals surface area contributed by atoms with Crippen molar-refractivity contribution in [3.05, 3.63) is 64.7 Å². The lowest BCUT2D eigenvalue weighted by atomic mass is 10.2. The van der Waals surface area contributed by atoms with E-state index in [9.17, 15) is 13.6 Å². The van der Waals surface area contributed by atoms with Crippen molar-refractivity contribution >= 4 is 17.3 Å². The molecule has 1 aromatic heterocycles. The number of aromatic nitrogens is 1. The van der Waals surface area contributed by atoms with Crippen LogP contribution in [-0.4, -0.2) is 25.2 Å². The summed E-state index contributed by atoms with van der Waals surface area (Å²) in [5.74, 6) is -1.63. The second kappa shape index (κ2) is 8.13. The maximum Gasteiger partial charge on any atom is 0.358 e. The summed E-state index contributed by atoms with van der Waals surface area (Å²) in [5.41, 5.74) is 0.785. The van der Waals surface area contributed by atoms with Gasteiger partial charge in [-0.15, -0.1) is 11.3 Å². The molecule has 1 heterocycles. The number of ether oxygens (including phenoxy) is 3. The lowest BCUT2D eigenvalue weighted by Crippen LogP contribution is -2.07. The molecule has 0 unspecified atom stereocenters. The highest BCUT2D eigenvalue weighted by molar-refractivity contribution is 7.13. The summed E-state index contributed by atoms with van der Waals surface area (Å²) in [7, 11) is 3.06. The number of esters is 1. The van der Waals surface area contributed by atoms with Gasteiger partial charge in [-0.05, 0) is 24.3 Å². The van der Waals surface area contributed by atoms with Gasteiger partial charge in [0.15, 0.2) is 28.8 Å². The summed E-state index contributed by atoms with van der Waals surface area (Å²) >= 11 is 1.25. The topological polar surface area (TPSA) is 57.7 Å². The van der Waals surface area contributed by atoms with E-state index in [0.717, 1.165) is 11.6 Å². The molecule has 0 bridgehead atoms. The molecular weight excluding hydrogens is 376 g/mol. The molecule has 140 valence electrons. The molecule has 0 aliphatic rings. The average Bonchev–Trinajstić information content (AvgIpc) is 3.18. The minimum Gasteiger partial charge on any atom is -0.493 e. The maximum absolute atomic E-state index is 13.6. The average molecular weight is 391 g/mol. The van der Waals surface area contributed by atoms with Gasteiger partial charge in [0.2, 0.25) is 0 Å². The second-order valence-electron chi connectivity index (χ2n) is 5.40. The minimum atomic E-state index is -1.03. The molecule has 0 atom stereocenters. The number of carbonyl (C=O) groups is 1. The molecule has 0 aliphatic carbocycles. The van der Waals surface area contributed by atoms with Gasteiger partial charge in [-0.1, -0.05) is 12.1 Å². The van der Waals surface area contributed by atoms with E-state index >= 15 is 0 Å². The van der Waals surface area contributed by atoms with Crippen molar-refractivity contribution in [1.82, 2.24) is 4.98 Å². The van der Waals surface area contributed by atoms with Crippen molar-refractivity contribution in [2.45, 2.75) is 6.61 Å². The van der Waals surface area contributed by atoms with Crippen LogP contribution in [0.4, 0.5) is 8.78 Å². The first-order valence-corrected chi connectivity index (χ1v) is 8.69. The van der Waals surface area contributed by atoms with Gasteiger partial charge in [-0.25, -0.2) is 18.6 Å². The molecule has 0 radical (unpaired) electrons. The maximum atomic E-state index is 13.6. The van der Waals surface area contributed by atoms with Crippen LogP contribution < -0.4 is 9.47 Å². The Labute approximate surface area is 158 Å². The highest BCUT2D eigenvalue weighted by atomic mass is 32.1. The Bertz CT molecular complexity index is 974. The molecule has 8 heteroatoms. The van der Waals surface area contributed by atoms with Crippen LogP contribution in [0.15, 0.2) is 41.8 Å². The number of rotatable bonds is 6. The molecule has 2 aromatic carbocycles. The van der Waals surface area contributed by atoms with Crippen LogP contribution in [0.2, 0.25) is 0 Å². The van der Waals surface area contributed by atoms with Gasteiger partial charge in [0.1, 0.15) is 11.6 Å². The number of hydrogen-bond donors (Lipinski definition) is 0. The van der Waals surface area contributed by atoms with Gasteiger partial charge >= 0.3 is 5.97 Å². The summed E-state index contributed by atoms with van der Waals surface area (Å²) in [6.07, 6.45) is 0. The molecule has 0 saturated carbocycles. The predicted octanol–water partition coefficient (Wildman–Crippen LogP) is 4.46. The summed E-state index contributed by atoms with van der Waals surface area (Å²) < 4.78 is 42.3. The Hall–Kier alpha value is -3.00. The van der Waals surface area contributed by atoms with Crippen LogP contribution in [0.25, 0.3) is 10.6 Å². The Morgan fingerprint density at radius 3 is 2.63 bits per heavy atom. The SMILES string of the molecule is COc1ccc(-c2nc(C(=O)OCc3cccc(F)c3F)cs2)cc1OC. The van der Waals surface area contributed by atoms with E-state index in [1.165, 1.54) is 43.1 Å². The van der Waals surface area contributed by atoms with Crippen LogP contribution in [0, 0.1) is 11.6 Å². The molecule has 3 rings (SSSR count). The van der Waals surface area contributed by atoms with Crippen molar-refractivity contribution in [3.63, 3.8) is 0 Å². The fourth-order valence-corrected chi connectivity index (χ4v) is 3.13. The zero-order valence-corrected chi connectivity index (χ0v) is 15.3. The molecule has 0 saturated heterocycles. The van der Waals surface area contributed by atoms with Gasteiger partial charge in [0.05, 0.1) is 14.2 Å². The van der Waals surface area contributed by atoms with E-state index in [1.807, 2.05) is 0 Å². The van der Waals surface area contributed by atoms with Crippen molar-refractivity contribution in [2.24, 2.45) is 0 Å². The zero-order chi connectivity index (χ0) is 19.4. The van der Waals surface area contributed by atoms with Crippen LogP contribution in [0.3, 0.4) is 0 Å². The largest absolute Gasteiger partial charge is 0.493 e. The second-order valence-corrected chi connectivity index (χ2v) is 6.25. The molecule has 0 fully saturated rings. The van der Waals surface area contributed by atoms with Crippen molar-refractivity contribution in [2.75, 3.05) is 14.2 Å². The highest BCUT2D eigenvalue weighted by Gasteiger charge is 2.16. The van der Waals surface area contributed by atoms with Gasteiger partial charge in [-0.2, -0.15) is 0 Å². The first-order chi connectivity index (χ1) is 13.0. The van der Waals surface area contributed by atoms with Crippen LogP contribution in [-0.2, 0) is 11.3 Å². The van der Waals surface area contributed by atoms with E-state index in [-0.39, 0.29) is 17.9 Å². The van der Waals surface area contributed by atoms with Crippen molar-refractivity contribution in [1.29, 1.82) is 0 Å². The Morgan fingerprint density at radius 2 is 1.89 bits per heavy atom. The molecular formula is C19H15F2NO4S. The summed E-state index contributed by atoms with van der Waals surface area (Å²) in [5, 5.41) is 2.12. The first kappa shape index (κ1) is 18.8. The number of thiazole rings is 1. The van der Waals surface area contributed by atoms with E-state index in [2.05, 4.69) is 4.98 Å². The first-order valence-electron chi connectivity index (χ1n) is 7.81. The fraction of sp³-hybridized carbons (Fsp3) is 0.158. The normalized spacial score (nSPS) is 10.5. The summed E-state index contributed by atoms with van der Waals surface area (Å²) in [6, 6.07) is 8.96. The summed E-state index contributed by atoms with van der Waals surface area (Å²) in [6.45, 7) is -0.383. The minimum absolute atomic E-state index is 0.0429. The third kappa shape index (κ3) is 4.06. The molecule has 0 aliphatic heterocycles. The lowest BCUT2D eigenvalue weighted by molar-refractivity contribution is 0.0462. The van der Waals surface area contributed by atoms with E-state index in [1.54, 1.807) is 18.2 Å². The predicted molar refractivity (Wildman–Crippen MR) is 96.1 cm³/mol. The third-order valence-electron chi connectivity index (χ3n) is 3.73. The van der Waals surface area contributed by atoms with Gasteiger partial charge in [0, 0.05) is 16.5 Å². The summed E-state index contributed by atoms with van der Waals surface area (Å²) in [4.78, 5) is 16.4. The van der Waals surface area contributed by atoms with E-state index < -0.39 is 17.6 Å². The molecule has 5 nitrogen and oxygen atoms in total. The number of methoxy groups -OCH3 is 2. The zero-order valence-electron chi connectivity index (χ0n) is 14.5. The lowest BCUT2D eigenvalue weighted by Gasteiger charge is -2.08. The number of hydrogen-bond acceptors (Lipinski definition) is 6. The smallest absolute Gasteiger partial charge is 0.358 e. The van der Waals surface area contributed by atoms with Crippen LogP contribution >= 0.6 is 11.3 Å². The number of benzene rings is 2. The van der Waals surface area contributed by atoms with Crippen molar-refractivity contribution in [3.8, 4) is 22.1 Å². The number of halogens is 2. The monoisotopic (exact) mass is 391 g/mol. The number of carbonyl (C=O) groups excluding carboxylic acids is 1. The Kier molecular flexibility index (Phi) is 5.66. The van der Waals surface area contributed by atoms with Crippen LogP contribution in [0.1, 0.15) is 16.1 Å². The van der Waals surface area contributed by atoms with Gasteiger partial charge in [-0.3, -0.25) is 0 Å². The fourth-order valence-electron chi connectivity index (χ4n) is 2.35.